The monoisotopic (exact) mass is 220 g/mol. The molecule has 2 aromatic rings. The SMILES string of the molecule is CCc1cnc(CNCc2cn[nH]c2C)o1. The van der Waals surface area contributed by atoms with Gasteiger partial charge in [0.05, 0.1) is 18.9 Å². The zero-order valence-electron chi connectivity index (χ0n) is 9.58. The third-order valence-electron chi connectivity index (χ3n) is 2.48. The molecule has 0 aliphatic rings. The third kappa shape index (κ3) is 2.49. The van der Waals surface area contributed by atoms with Crippen molar-refractivity contribution in [2.24, 2.45) is 0 Å². The molecule has 0 unspecified atom stereocenters. The topological polar surface area (TPSA) is 66.7 Å². The smallest absolute Gasteiger partial charge is 0.208 e. The largest absolute Gasteiger partial charge is 0.444 e. The Balaban J connectivity index is 1.82. The molecule has 2 N–H and O–H groups in total. The van der Waals surface area contributed by atoms with Crippen molar-refractivity contribution >= 4 is 0 Å². The maximum Gasteiger partial charge on any atom is 0.208 e. The van der Waals surface area contributed by atoms with Crippen LogP contribution in [-0.2, 0) is 19.5 Å². The number of aromatic amines is 1. The quantitative estimate of drug-likeness (QED) is 0.802. The second-order valence-electron chi connectivity index (χ2n) is 3.70. The normalized spacial score (nSPS) is 10.9. The third-order valence-corrected chi connectivity index (χ3v) is 2.48. The number of aromatic nitrogens is 3. The Kier molecular flexibility index (Phi) is 3.36. The zero-order valence-corrected chi connectivity index (χ0v) is 9.58. The Morgan fingerprint density at radius 1 is 1.38 bits per heavy atom. The molecule has 2 aromatic heterocycles. The summed E-state index contributed by atoms with van der Waals surface area (Å²) < 4.78 is 5.49. The van der Waals surface area contributed by atoms with Gasteiger partial charge in [0, 0.05) is 24.2 Å². The van der Waals surface area contributed by atoms with E-state index < -0.39 is 0 Å². The van der Waals surface area contributed by atoms with Gasteiger partial charge in [0.1, 0.15) is 5.76 Å². The summed E-state index contributed by atoms with van der Waals surface area (Å²) in [5.74, 6) is 1.66. The summed E-state index contributed by atoms with van der Waals surface area (Å²) >= 11 is 0. The van der Waals surface area contributed by atoms with E-state index in [1.165, 1.54) is 5.56 Å². The van der Waals surface area contributed by atoms with Crippen LogP contribution >= 0.6 is 0 Å². The first-order valence-corrected chi connectivity index (χ1v) is 5.42. The summed E-state index contributed by atoms with van der Waals surface area (Å²) in [6.45, 7) is 5.47. The standard InChI is InChI=1S/C11H16N4O/c1-3-10-6-13-11(16-10)7-12-4-9-5-14-15-8(9)2/h5-6,12H,3-4,7H2,1-2H3,(H,14,15). The Morgan fingerprint density at radius 2 is 2.25 bits per heavy atom. The van der Waals surface area contributed by atoms with Gasteiger partial charge in [0.25, 0.3) is 0 Å². The van der Waals surface area contributed by atoms with Gasteiger partial charge in [-0.1, -0.05) is 6.92 Å². The Bertz CT molecular complexity index is 446. The molecular weight excluding hydrogens is 204 g/mol. The van der Waals surface area contributed by atoms with Gasteiger partial charge in [-0.05, 0) is 6.92 Å². The van der Waals surface area contributed by atoms with E-state index in [-0.39, 0.29) is 0 Å². The molecule has 0 saturated carbocycles. The number of hydrogen-bond donors (Lipinski definition) is 2. The van der Waals surface area contributed by atoms with Gasteiger partial charge in [-0.25, -0.2) is 4.98 Å². The Labute approximate surface area is 94.3 Å². The molecular formula is C11H16N4O. The molecule has 16 heavy (non-hydrogen) atoms. The molecule has 0 radical (unpaired) electrons. The van der Waals surface area contributed by atoms with Crippen molar-refractivity contribution in [3.8, 4) is 0 Å². The van der Waals surface area contributed by atoms with Crippen molar-refractivity contribution in [2.45, 2.75) is 33.4 Å². The van der Waals surface area contributed by atoms with Gasteiger partial charge in [-0.3, -0.25) is 5.10 Å². The van der Waals surface area contributed by atoms with Gasteiger partial charge >= 0.3 is 0 Å². The van der Waals surface area contributed by atoms with Gasteiger partial charge in [0.2, 0.25) is 5.89 Å². The molecule has 5 heteroatoms. The number of nitrogens with zero attached hydrogens (tertiary/aromatic N) is 2. The van der Waals surface area contributed by atoms with Crippen LogP contribution in [-0.4, -0.2) is 15.2 Å². The summed E-state index contributed by atoms with van der Waals surface area (Å²) in [5, 5.41) is 10.1. The van der Waals surface area contributed by atoms with E-state index in [1.807, 2.05) is 20.0 Å². The molecule has 86 valence electrons. The van der Waals surface area contributed by atoms with Crippen molar-refractivity contribution in [1.82, 2.24) is 20.5 Å². The van der Waals surface area contributed by atoms with Crippen molar-refractivity contribution in [1.29, 1.82) is 0 Å². The van der Waals surface area contributed by atoms with Gasteiger partial charge < -0.3 is 9.73 Å². The molecule has 2 heterocycles. The summed E-state index contributed by atoms with van der Waals surface area (Å²) in [5.41, 5.74) is 2.26. The second kappa shape index (κ2) is 4.94. The molecule has 0 aromatic carbocycles. The second-order valence-corrected chi connectivity index (χ2v) is 3.70. The first kappa shape index (κ1) is 10.9. The Morgan fingerprint density at radius 3 is 2.88 bits per heavy atom. The van der Waals surface area contributed by atoms with E-state index in [0.29, 0.717) is 6.54 Å². The molecule has 0 aliphatic carbocycles. The lowest BCUT2D eigenvalue weighted by Gasteiger charge is -2.00. The van der Waals surface area contributed by atoms with Crippen LogP contribution in [0.15, 0.2) is 16.8 Å². The lowest BCUT2D eigenvalue weighted by atomic mass is 10.3. The van der Waals surface area contributed by atoms with Gasteiger partial charge in [-0.15, -0.1) is 0 Å². The molecule has 0 aliphatic heterocycles. The highest BCUT2D eigenvalue weighted by atomic mass is 16.4. The molecule has 0 fully saturated rings. The fourth-order valence-electron chi connectivity index (χ4n) is 1.45. The summed E-state index contributed by atoms with van der Waals surface area (Å²) in [6.07, 6.45) is 4.49. The minimum absolute atomic E-state index is 0.643. The predicted octanol–water partition coefficient (Wildman–Crippen LogP) is 1.56. The number of rotatable bonds is 5. The van der Waals surface area contributed by atoms with E-state index in [4.69, 9.17) is 4.42 Å². The highest BCUT2D eigenvalue weighted by Gasteiger charge is 2.03. The van der Waals surface area contributed by atoms with Crippen molar-refractivity contribution in [2.75, 3.05) is 0 Å². The first-order valence-electron chi connectivity index (χ1n) is 5.42. The van der Waals surface area contributed by atoms with E-state index >= 15 is 0 Å². The van der Waals surface area contributed by atoms with E-state index in [0.717, 1.165) is 30.3 Å². The van der Waals surface area contributed by atoms with Crippen LogP contribution in [0.3, 0.4) is 0 Å². The molecule has 0 bridgehead atoms. The van der Waals surface area contributed by atoms with Crippen molar-refractivity contribution < 1.29 is 4.42 Å². The number of nitrogens with one attached hydrogen (secondary N) is 2. The van der Waals surface area contributed by atoms with E-state index in [9.17, 15) is 0 Å². The van der Waals surface area contributed by atoms with Crippen LogP contribution in [0.4, 0.5) is 0 Å². The van der Waals surface area contributed by atoms with E-state index in [1.54, 1.807) is 6.20 Å². The van der Waals surface area contributed by atoms with Gasteiger partial charge in [-0.2, -0.15) is 5.10 Å². The highest BCUT2D eigenvalue weighted by Crippen LogP contribution is 2.05. The maximum atomic E-state index is 5.49. The summed E-state index contributed by atoms with van der Waals surface area (Å²) in [6, 6.07) is 0. The Hall–Kier alpha value is -1.62. The summed E-state index contributed by atoms with van der Waals surface area (Å²) in [4.78, 5) is 4.18. The van der Waals surface area contributed by atoms with Crippen molar-refractivity contribution in [3.63, 3.8) is 0 Å². The van der Waals surface area contributed by atoms with Crippen LogP contribution in [0.25, 0.3) is 0 Å². The average Bonchev–Trinajstić information content (AvgIpc) is 2.89. The van der Waals surface area contributed by atoms with Crippen LogP contribution in [0.2, 0.25) is 0 Å². The minimum atomic E-state index is 0.643. The highest BCUT2D eigenvalue weighted by molar-refractivity contribution is 5.13. The predicted molar refractivity (Wildman–Crippen MR) is 59.7 cm³/mol. The fourth-order valence-corrected chi connectivity index (χ4v) is 1.45. The fraction of sp³-hybridized carbons (Fsp3) is 0.455. The minimum Gasteiger partial charge on any atom is -0.444 e. The molecule has 0 saturated heterocycles. The number of oxazole rings is 1. The lowest BCUT2D eigenvalue weighted by molar-refractivity contribution is 0.439. The zero-order chi connectivity index (χ0) is 11.4. The first-order chi connectivity index (χ1) is 7.79. The molecule has 5 nitrogen and oxygen atoms in total. The number of hydrogen-bond acceptors (Lipinski definition) is 4. The van der Waals surface area contributed by atoms with Crippen LogP contribution in [0.1, 0.15) is 29.8 Å². The average molecular weight is 220 g/mol. The van der Waals surface area contributed by atoms with E-state index in [2.05, 4.69) is 20.5 Å². The molecule has 0 atom stereocenters. The molecule has 0 amide bonds. The lowest BCUT2D eigenvalue weighted by Crippen LogP contribution is -2.13. The number of H-pyrrole nitrogens is 1. The molecule has 0 spiro atoms. The van der Waals surface area contributed by atoms with Crippen molar-refractivity contribution in [3.05, 3.63) is 35.3 Å². The number of aryl methyl sites for hydroxylation is 2. The molecule has 2 rings (SSSR count). The maximum absolute atomic E-state index is 5.49. The van der Waals surface area contributed by atoms with Crippen LogP contribution < -0.4 is 5.32 Å². The van der Waals surface area contributed by atoms with Gasteiger partial charge in [0.15, 0.2) is 0 Å². The van der Waals surface area contributed by atoms with Crippen LogP contribution in [0, 0.1) is 6.92 Å². The summed E-state index contributed by atoms with van der Waals surface area (Å²) in [7, 11) is 0. The van der Waals surface area contributed by atoms with Crippen LogP contribution in [0.5, 0.6) is 0 Å².